The fraction of sp³-hybridized carbons (Fsp3) is 0.250. The molecule has 0 bridgehead atoms. The van der Waals surface area contributed by atoms with Gasteiger partial charge in [0, 0.05) is 12.6 Å². The molecule has 0 aliphatic carbocycles. The number of benzene rings is 2. The van der Waals surface area contributed by atoms with Crippen molar-refractivity contribution in [1.82, 2.24) is 4.72 Å². The van der Waals surface area contributed by atoms with Crippen LogP contribution in [0.5, 0.6) is 11.5 Å². The molecule has 2 aromatic carbocycles. The average Bonchev–Trinajstić information content (AvgIpc) is 2.55. The Kier molecular flexibility index (Phi) is 5.41. The Morgan fingerprint density at radius 3 is 2.50 bits per heavy atom. The number of hydrogen-bond acceptors (Lipinski definition) is 4. The zero-order valence-electron chi connectivity index (χ0n) is 12.6. The van der Waals surface area contributed by atoms with Crippen molar-refractivity contribution in [1.29, 1.82) is 0 Å². The van der Waals surface area contributed by atoms with Crippen LogP contribution in [-0.4, -0.2) is 29.2 Å². The monoisotopic (exact) mass is 321 g/mol. The Hall–Kier alpha value is -2.05. The molecule has 0 amide bonds. The fourth-order valence-electron chi connectivity index (χ4n) is 2.08. The summed E-state index contributed by atoms with van der Waals surface area (Å²) in [6.45, 7) is 0.292. The first-order valence-electron chi connectivity index (χ1n) is 6.82. The lowest BCUT2D eigenvalue weighted by Gasteiger charge is -2.10. The molecule has 22 heavy (non-hydrogen) atoms. The van der Waals surface area contributed by atoms with Gasteiger partial charge in [-0.1, -0.05) is 24.3 Å². The highest BCUT2D eigenvalue weighted by molar-refractivity contribution is 7.89. The molecule has 0 atom stereocenters. The number of hydrogen-bond donors (Lipinski definition) is 1. The summed E-state index contributed by atoms with van der Waals surface area (Å²) in [5.41, 5.74) is 0.957. The first-order chi connectivity index (χ1) is 10.6. The summed E-state index contributed by atoms with van der Waals surface area (Å²) in [5.74, 6) is 1.26. The highest BCUT2D eigenvalue weighted by Gasteiger charge is 2.14. The molecular formula is C16H19NO4S. The number of para-hydroxylation sites is 1. The molecule has 118 valence electrons. The van der Waals surface area contributed by atoms with Gasteiger partial charge in [0.15, 0.2) is 0 Å². The van der Waals surface area contributed by atoms with Crippen LogP contribution in [0.4, 0.5) is 0 Å². The molecule has 0 saturated carbocycles. The van der Waals surface area contributed by atoms with E-state index in [-0.39, 0.29) is 4.90 Å². The summed E-state index contributed by atoms with van der Waals surface area (Å²) < 4.78 is 37.4. The van der Waals surface area contributed by atoms with E-state index in [1.165, 1.54) is 19.2 Å². The molecule has 0 aliphatic heterocycles. The first kappa shape index (κ1) is 16.3. The van der Waals surface area contributed by atoms with Crippen LogP contribution in [-0.2, 0) is 16.4 Å². The van der Waals surface area contributed by atoms with E-state index in [1.54, 1.807) is 19.2 Å². The average molecular weight is 321 g/mol. The van der Waals surface area contributed by atoms with Gasteiger partial charge < -0.3 is 9.47 Å². The van der Waals surface area contributed by atoms with E-state index < -0.39 is 10.0 Å². The maximum atomic E-state index is 12.2. The molecule has 6 heteroatoms. The standard InChI is InChI=1S/C16H19NO4S/c1-20-14-7-5-8-15(12-14)22(18,19)17-11-10-13-6-3-4-9-16(13)21-2/h3-9,12,17H,10-11H2,1-2H3. The van der Waals surface area contributed by atoms with Crippen molar-refractivity contribution in [2.75, 3.05) is 20.8 Å². The molecule has 5 nitrogen and oxygen atoms in total. The van der Waals surface area contributed by atoms with E-state index in [1.807, 2.05) is 24.3 Å². The van der Waals surface area contributed by atoms with Gasteiger partial charge in [-0.15, -0.1) is 0 Å². The van der Waals surface area contributed by atoms with Crippen molar-refractivity contribution < 1.29 is 17.9 Å². The first-order valence-corrected chi connectivity index (χ1v) is 8.31. The van der Waals surface area contributed by atoms with Gasteiger partial charge in [-0.3, -0.25) is 0 Å². The van der Waals surface area contributed by atoms with E-state index in [0.717, 1.165) is 11.3 Å². The van der Waals surface area contributed by atoms with Crippen molar-refractivity contribution in [3.05, 3.63) is 54.1 Å². The normalized spacial score (nSPS) is 11.2. The van der Waals surface area contributed by atoms with E-state index >= 15 is 0 Å². The van der Waals surface area contributed by atoms with Crippen LogP contribution in [0.3, 0.4) is 0 Å². The van der Waals surface area contributed by atoms with Gasteiger partial charge in [0.1, 0.15) is 11.5 Å². The minimum absolute atomic E-state index is 0.187. The van der Waals surface area contributed by atoms with Crippen LogP contribution >= 0.6 is 0 Å². The van der Waals surface area contributed by atoms with Crippen LogP contribution in [0.15, 0.2) is 53.4 Å². The third-order valence-corrected chi connectivity index (χ3v) is 4.69. The highest BCUT2D eigenvalue weighted by Crippen LogP contribution is 2.19. The number of rotatable bonds is 7. The van der Waals surface area contributed by atoms with Crippen LogP contribution in [0.2, 0.25) is 0 Å². The van der Waals surface area contributed by atoms with Gasteiger partial charge in [0.2, 0.25) is 10.0 Å². The topological polar surface area (TPSA) is 64.6 Å². The second kappa shape index (κ2) is 7.29. The zero-order valence-corrected chi connectivity index (χ0v) is 13.4. The molecule has 0 fully saturated rings. The number of ether oxygens (including phenoxy) is 2. The van der Waals surface area contributed by atoms with Crippen LogP contribution in [0.25, 0.3) is 0 Å². The van der Waals surface area contributed by atoms with E-state index in [0.29, 0.717) is 18.7 Å². The second-order valence-corrected chi connectivity index (χ2v) is 6.41. The summed E-state index contributed by atoms with van der Waals surface area (Å²) in [7, 11) is -0.456. The Morgan fingerprint density at radius 2 is 1.77 bits per heavy atom. The van der Waals surface area contributed by atoms with Gasteiger partial charge in [-0.2, -0.15) is 0 Å². The lowest BCUT2D eigenvalue weighted by Crippen LogP contribution is -2.26. The highest BCUT2D eigenvalue weighted by atomic mass is 32.2. The minimum atomic E-state index is -3.55. The molecule has 2 rings (SSSR count). The quantitative estimate of drug-likeness (QED) is 0.849. The van der Waals surface area contributed by atoms with Crippen molar-refractivity contribution in [3.8, 4) is 11.5 Å². The van der Waals surface area contributed by atoms with Crippen molar-refractivity contribution in [3.63, 3.8) is 0 Å². The van der Waals surface area contributed by atoms with Crippen LogP contribution < -0.4 is 14.2 Å². The smallest absolute Gasteiger partial charge is 0.240 e. The van der Waals surface area contributed by atoms with Gasteiger partial charge in [-0.05, 0) is 30.2 Å². The Bertz CT molecular complexity index is 728. The summed E-state index contributed by atoms with van der Waals surface area (Å²) in [6.07, 6.45) is 0.549. The molecule has 0 radical (unpaired) electrons. The predicted molar refractivity (Wildman–Crippen MR) is 84.9 cm³/mol. The predicted octanol–water partition coefficient (Wildman–Crippen LogP) is 2.22. The van der Waals surface area contributed by atoms with Crippen molar-refractivity contribution in [2.24, 2.45) is 0 Å². The third-order valence-electron chi connectivity index (χ3n) is 3.23. The molecule has 0 heterocycles. The fourth-order valence-corrected chi connectivity index (χ4v) is 3.15. The Morgan fingerprint density at radius 1 is 1.00 bits per heavy atom. The molecule has 0 unspecified atom stereocenters. The maximum Gasteiger partial charge on any atom is 0.240 e. The number of nitrogens with one attached hydrogen (secondary N) is 1. The van der Waals surface area contributed by atoms with Crippen LogP contribution in [0.1, 0.15) is 5.56 Å². The molecular weight excluding hydrogens is 302 g/mol. The van der Waals surface area contributed by atoms with Gasteiger partial charge in [0.25, 0.3) is 0 Å². The molecule has 1 N–H and O–H groups in total. The van der Waals surface area contributed by atoms with Gasteiger partial charge in [-0.25, -0.2) is 13.1 Å². The summed E-state index contributed by atoms with van der Waals surface area (Å²) in [5, 5.41) is 0. The Balaban J connectivity index is 2.03. The largest absolute Gasteiger partial charge is 0.497 e. The summed E-state index contributed by atoms with van der Waals surface area (Å²) in [4.78, 5) is 0.187. The Labute approximate surface area is 130 Å². The third kappa shape index (κ3) is 3.99. The molecule has 0 saturated heterocycles. The lowest BCUT2D eigenvalue weighted by molar-refractivity contribution is 0.409. The lowest BCUT2D eigenvalue weighted by atomic mass is 10.1. The van der Waals surface area contributed by atoms with Gasteiger partial charge >= 0.3 is 0 Å². The molecule has 0 aromatic heterocycles. The number of methoxy groups -OCH3 is 2. The van der Waals surface area contributed by atoms with Crippen molar-refractivity contribution >= 4 is 10.0 Å². The van der Waals surface area contributed by atoms with Crippen LogP contribution in [0, 0.1) is 0 Å². The van der Waals surface area contributed by atoms with E-state index in [2.05, 4.69) is 4.72 Å². The molecule has 0 spiro atoms. The summed E-state index contributed by atoms with van der Waals surface area (Å²) in [6, 6.07) is 13.9. The van der Waals surface area contributed by atoms with E-state index in [4.69, 9.17) is 9.47 Å². The molecule has 2 aromatic rings. The zero-order chi connectivity index (χ0) is 16.0. The minimum Gasteiger partial charge on any atom is -0.497 e. The molecule has 0 aliphatic rings. The second-order valence-electron chi connectivity index (χ2n) is 4.64. The maximum absolute atomic E-state index is 12.2. The van der Waals surface area contributed by atoms with Gasteiger partial charge in [0.05, 0.1) is 19.1 Å². The summed E-state index contributed by atoms with van der Waals surface area (Å²) >= 11 is 0. The number of sulfonamides is 1. The van der Waals surface area contributed by atoms with E-state index in [9.17, 15) is 8.42 Å². The van der Waals surface area contributed by atoms with Crippen molar-refractivity contribution in [2.45, 2.75) is 11.3 Å². The SMILES string of the molecule is COc1cccc(S(=O)(=O)NCCc2ccccc2OC)c1.